The lowest BCUT2D eigenvalue weighted by Crippen LogP contribution is -2.30. The van der Waals surface area contributed by atoms with Crippen molar-refractivity contribution < 1.29 is 14.3 Å². The number of hydrogen-bond acceptors (Lipinski definition) is 4. The van der Waals surface area contributed by atoms with Gasteiger partial charge in [-0.15, -0.1) is 0 Å². The third-order valence-corrected chi connectivity index (χ3v) is 4.60. The highest BCUT2D eigenvalue weighted by Crippen LogP contribution is 2.22. The van der Waals surface area contributed by atoms with Crippen LogP contribution in [0.5, 0.6) is 0 Å². The topological polar surface area (TPSA) is 68.3 Å². The van der Waals surface area contributed by atoms with E-state index in [9.17, 15) is 9.59 Å². The van der Waals surface area contributed by atoms with E-state index in [0.717, 1.165) is 20.9 Å². The number of carbonyl (C=O) groups excluding carboxylic acids is 2. The first-order valence-electron chi connectivity index (χ1n) is 8.05. The summed E-state index contributed by atoms with van der Waals surface area (Å²) in [6.07, 6.45) is 1.65. The Morgan fingerprint density at radius 1 is 1.12 bits per heavy atom. The van der Waals surface area contributed by atoms with Crippen molar-refractivity contribution >= 4 is 38.7 Å². The molecule has 132 valence electrons. The summed E-state index contributed by atoms with van der Waals surface area (Å²) < 4.78 is 5.69. The molecule has 0 spiro atoms. The van der Waals surface area contributed by atoms with Crippen molar-refractivity contribution in [2.75, 3.05) is 7.11 Å². The zero-order chi connectivity index (χ0) is 18.5. The number of para-hydroxylation sites is 1. The highest BCUT2D eigenvalue weighted by molar-refractivity contribution is 9.10. The molecule has 0 bridgehead atoms. The van der Waals surface area contributed by atoms with E-state index in [-0.39, 0.29) is 12.3 Å². The SMILES string of the molecule is COC(=O)CC(NC(=O)c1ccnc2ccccc12)c1ccc(Br)cc1. The van der Waals surface area contributed by atoms with Crippen LogP contribution in [0.15, 0.2) is 65.3 Å². The molecule has 3 aromatic rings. The van der Waals surface area contributed by atoms with Crippen LogP contribution in [-0.2, 0) is 9.53 Å². The maximum absolute atomic E-state index is 12.9. The molecule has 5 nitrogen and oxygen atoms in total. The van der Waals surface area contributed by atoms with E-state index in [1.54, 1.807) is 12.3 Å². The number of benzene rings is 2. The molecule has 0 aliphatic rings. The van der Waals surface area contributed by atoms with Crippen molar-refractivity contribution in [2.24, 2.45) is 0 Å². The Labute approximate surface area is 159 Å². The van der Waals surface area contributed by atoms with Crippen molar-refractivity contribution in [3.8, 4) is 0 Å². The number of ether oxygens (including phenoxy) is 1. The Morgan fingerprint density at radius 3 is 2.58 bits per heavy atom. The Hall–Kier alpha value is -2.73. The number of amides is 1. The van der Waals surface area contributed by atoms with E-state index >= 15 is 0 Å². The van der Waals surface area contributed by atoms with E-state index in [1.165, 1.54) is 7.11 Å². The van der Waals surface area contributed by atoms with Crippen LogP contribution in [-0.4, -0.2) is 24.0 Å². The standard InChI is InChI=1S/C20H17BrN2O3/c1-26-19(24)12-18(13-6-8-14(21)9-7-13)23-20(25)16-10-11-22-17-5-3-2-4-15(16)17/h2-11,18H,12H2,1H3,(H,23,25). The highest BCUT2D eigenvalue weighted by Gasteiger charge is 2.21. The van der Waals surface area contributed by atoms with Gasteiger partial charge in [-0.25, -0.2) is 0 Å². The average molecular weight is 413 g/mol. The summed E-state index contributed by atoms with van der Waals surface area (Å²) in [5, 5.41) is 3.71. The van der Waals surface area contributed by atoms with Gasteiger partial charge in [0, 0.05) is 16.1 Å². The molecule has 1 N–H and O–H groups in total. The Bertz CT molecular complexity index is 936. The fourth-order valence-corrected chi connectivity index (χ4v) is 2.99. The summed E-state index contributed by atoms with van der Waals surface area (Å²) in [6.45, 7) is 0. The largest absolute Gasteiger partial charge is 0.469 e. The van der Waals surface area contributed by atoms with Gasteiger partial charge in [0.15, 0.2) is 0 Å². The quantitative estimate of drug-likeness (QED) is 0.642. The van der Waals surface area contributed by atoms with E-state index in [4.69, 9.17) is 4.74 Å². The van der Waals surface area contributed by atoms with Gasteiger partial charge in [0.25, 0.3) is 5.91 Å². The second-order valence-corrected chi connectivity index (χ2v) is 6.65. The van der Waals surface area contributed by atoms with E-state index in [2.05, 4.69) is 26.2 Å². The number of fused-ring (bicyclic) bond motifs is 1. The van der Waals surface area contributed by atoms with Gasteiger partial charge in [-0.1, -0.05) is 46.3 Å². The van der Waals surface area contributed by atoms with Gasteiger partial charge in [-0.3, -0.25) is 14.6 Å². The molecule has 26 heavy (non-hydrogen) atoms. The maximum atomic E-state index is 12.9. The van der Waals surface area contributed by atoms with Crippen molar-refractivity contribution in [1.29, 1.82) is 0 Å². The number of nitrogens with zero attached hydrogens (tertiary/aromatic N) is 1. The Balaban J connectivity index is 1.91. The van der Waals surface area contributed by atoms with E-state index < -0.39 is 12.0 Å². The molecular formula is C20H17BrN2O3. The number of rotatable bonds is 5. The minimum atomic E-state index is -0.491. The molecule has 1 aromatic heterocycles. The summed E-state index contributed by atoms with van der Waals surface area (Å²) in [6, 6.07) is 16.1. The normalized spacial score (nSPS) is 11.8. The van der Waals surface area contributed by atoms with Gasteiger partial charge in [0.05, 0.1) is 30.7 Å². The molecule has 0 radical (unpaired) electrons. The number of hydrogen-bond donors (Lipinski definition) is 1. The van der Waals surface area contributed by atoms with Gasteiger partial charge in [-0.05, 0) is 29.8 Å². The van der Waals surface area contributed by atoms with Crippen LogP contribution in [0.4, 0.5) is 0 Å². The third kappa shape index (κ3) is 4.08. The molecule has 0 saturated carbocycles. The molecule has 0 saturated heterocycles. The molecule has 1 unspecified atom stereocenters. The second-order valence-electron chi connectivity index (χ2n) is 5.73. The van der Waals surface area contributed by atoms with Gasteiger partial charge in [0.2, 0.25) is 0 Å². The van der Waals surface area contributed by atoms with Crippen LogP contribution in [0.2, 0.25) is 0 Å². The lowest BCUT2D eigenvalue weighted by Gasteiger charge is -2.19. The number of nitrogens with one attached hydrogen (secondary N) is 1. The molecule has 0 aliphatic carbocycles. The number of aromatic nitrogens is 1. The smallest absolute Gasteiger partial charge is 0.307 e. The molecular weight excluding hydrogens is 396 g/mol. The van der Waals surface area contributed by atoms with Crippen LogP contribution < -0.4 is 5.32 Å². The summed E-state index contributed by atoms with van der Waals surface area (Å²) in [7, 11) is 1.33. The number of pyridine rings is 1. The minimum Gasteiger partial charge on any atom is -0.469 e. The molecule has 1 atom stereocenters. The molecule has 0 fully saturated rings. The number of esters is 1. The maximum Gasteiger partial charge on any atom is 0.307 e. The fourth-order valence-electron chi connectivity index (χ4n) is 2.73. The fraction of sp³-hybridized carbons (Fsp3) is 0.150. The van der Waals surface area contributed by atoms with Crippen molar-refractivity contribution in [3.63, 3.8) is 0 Å². The van der Waals surface area contributed by atoms with Crippen LogP contribution in [0.1, 0.15) is 28.4 Å². The molecule has 3 rings (SSSR count). The first-order valence-corrected chi connectivity index (χ1v) is 8.84. The lowest BCUT2D eigenvalue weighted by atomic mass is 10.0. The summed E-state index contributed by atoms with van der Waals surface area (Å²) >= 11 is 3.39. The van der Waals surface area contributed by atoms with Crippen molar-refractivity contribution in [2.45, 2.75) is 12.5 Å². The predicted molar refractivity (Wildman–Crippen MR) is 103 cm³/mol. The Kier molecular flexibility index (Phi) is 5.63. The molecule has 0 aliphatic heterocycles. The van der Waals surface area contributed by atoms with Crippen LogP contribution in [0.3, 0.4) is 0 Å². The first kappa shape index (κ1) is 18.1. The zero-order valence-electron chi connectivity index (χ0n) is 14.1. The van der Waals surface area contributed by atoms with Crippen LogP contribution >= 0.6 is 15.9 Å². The number of carbonyl (C=O) groups is 2. The predicted octanol–water partition coefficient (Wildman–Crippen LogP) is 4.03. The molecule has 1 heterocycles. The average Bonchev–Trinajstić information content (AvgIpc) is 2.67. The van der Waals surface area contributed by atoms with Crippen molar-refractivity contribution in [3.05, 3.63) is 76.4 Å². The lowest BCUT2D eigenvalue weighted by molar-refractivity contribution is -0.141. The Morgan fingerprint density at radius 2 is 1.85 bits per heavy atom. The number of methoxy groups -OCH3 is 1. The monoisotopic (exact) mass is 412 g/mol. The molecule has 2 aromatic carbocycles. The molecule has 6 heteroatoms. The highest BCUT2D eigenvalue weighted by atomic mass is 79.9. The van der Waals surface area contributed by atoms with Crippen molar-refractivity contribution in [1.82, 2.24) is 10.3 Å². The summed E-state index contributed by atoms with van der Waals surface area (Å²) in [4.78, 5) is 29.0. The number of halogens is 1. The molecule has 1 amide bonds. The van der Waals surface area contributed by atoms with Gasteiger partial charge in [-0.2, -0.15) is 0 Å². The third-order valence-electron chi connectivity index (χ3n) is 4.07. The van der Waals surface area contributed by atoms with Gasteiger partial charge in [0.1, 0.15) is 0 Å². The second kappa shape index (κ2) is 8.10. The zero-order valence-corrected chi connectivity index (χ0v) is 15.7. The summed E-state index contributed by atoms with van der Waals surface area (Å²) in [5.41, 5.74) is 2.08. The van der Waals surface area contributed by atoms with Gasteiger partial charge >= 0.3 is 5.97 Å². The van der Waals surface area contributed by atoms with Gasteiger partial charge < -0.3 is 10.1 Å². The van der Waals surface area contributed by atoms with Crippen LogP contribution in [0, 0.1) is 0 Å². The van der Waals surface area contributed by atoms with Crippen LogP contribution in [0.25, 0.3) is 10.9 Å². The summed E-state index contributed by atoms with van der Waals surface area (Å²) in [5.74, 6) is -0.654. The van der Waals surface area contributed by atoms with E-state index in [1.807, 2.05) is 48.5 Å². The minimum absolute atomic E-state index is 0.0485. The first-order chi connectivity index (χ1) is 12.6. The van der Waals surface area contributed by atoms with E-state index in [0.29, 0.717) is 5.56 Å².